The number of hydrogen-bond acceptors (Lipinski definition) is 2. The van der Waals surface area contributed by atoms with E-state index < -0.39 is 0 Å². The molecule has 0 aliphatic carbocycles. The summed E-state index contributed by atoms with van der Waals surface area (Å²) in [6.45, 7) is 4.25. The van der Waals surface area contributed by atoms with E-state index in [0.29, 0.717) is 6.04 Å². The Morgan fingerprint density at radius 2 is 2.44 bits per heavy atom. The highest BCUT2D eigenvalue weighted by molar-refractivity contribution is 4.68. The van der Waals surface area contributed by atoms with Crippen molar-refractivity contribution in [3.05, 3.63) is 12.4 Å². The van der Waals surface area contributed by atoms with Gasteiger partial charge in [0.15, 0.2) is 0 Å². The Balaban J connectivity index is 2.65. The first-order valence-corrected chi connectivity index (χ1v) is 3.20. The molecule has 1 aromatic heterocycles. The quantitative estimate of drug-likeness (QED) is 0.595. The van der Waals surface area contributed by atoms with Gasteiger partial charge in [0.05, 0.1) is 12.2 Å². The van der Waals surface area contributed by atoms with Crippen molar-refractivity contribution in [1.29, 1.82) is 0 Å². The van der Waals surface area contributed by atoms with E-state index >= 15 is 0 Å². The summed E-state index contributed by atoms with van der Waals surface area (Å²) in [5, 5.41) is 7.56. The summed E-state index contributed by atoms with van der Waals surface area (Å²) < 4.78 is 1.86. The largest absolute Gasteiger partial charge is 0.250 e. The molecule has 1 aromatic rings. The van der Waals surface area contributed by atoms with Gasteiger partial charge < -0.3 is 0 Å². The van der Waals surface area contributed by atoms with Crippen LogP contribution in [0.15, 0.2) is 12.4 Å². The normalized spacial score (nSPS) is 13.6. The second-order valence-corrected chi connectivity index (χ2v) is 2.14. The van der Waals surface area contributed by atoms with Crippen LogP contribution in [0.4, 0.5) is 0 Å². The van der Waals surface area contributed by atoms with Crippen molar-refractivity contribution in [2.45, 2.75) is 26.3 Å². The minimum Gasteiger partial charge on any atom is -0.250 e. The lowest BCUT2D eigenvalue weighted by Crippen LogP contribution is -2.03. The molecule has 0 aliphatic rings. The summed E-state index contributed by atoms with van der Waals surface area (Å²) in [5.41, 5.74) is 0. The topological polar surface area (TPSA) is 30.7 Å². The molecule has 0 aliphatic heterocycles. The fourth-order valence-corrected chi connectivity index (χ4v) is 0.640. The molecule has 1 unspecified atom stereocenters. The molecule has 0 saturated carbocycles. The zero-order valence-electron chi connectivity index (χ0n) is 5.78. The van der Waals surface area contributed by atoms with Crippen molar-refractivity contribution in [3.63, 3.8) is 0 Å². The molecule has 1 heterocycles. The standard InChI is InChI=1S/C6H11N3/c1-3-6(2)9-5-4-7-8-9/h4-6H,3H2,1-2H3. The van der Waals surface area contributed by atoms with Crippen LogP contribution in [0.25, 0.3) is 0 Å². The van der Waals surface area contributed by atoms with Crippen LogP contribution >= 0.6 is 0 Å². The van der Waals surface area contributed by atoms with Gasteiger partial charge in [0.25, 0.3) is 0 Å². The van der Waals surface area contributed by atoms with Crippen LogP contribution in [-0.4, -0.2) is 15.0 Å². The fourth-order valence-electron chi connectivity index (χ4n) is 0.640. The molecule has 0 bridgehead atoms. The number of rotatable bonds is 2. The van der Waals surface area contributed by atoms with Crippen LogP contribution in [0, 0.1) is 0 Å². The van der Waals surface area contributed by atoms with E-state index in [4.69, 9.17) is 0 Å². The van der Waals surface area contributed by atoms with Gasteiger partial charge in [-0.15, -0.1) is 5.10 Å². The summed E-state index contributed by atoms with van der Waals surface area (Å²) in [5.74, 6) is 0. The molecular weight excluding hydrogens is 114 g/mol. The van der Waals surface area contributed by atoms with E-state index in [0.717, 1.165) is 6.42 Å². The second-order valence-electron chi connectivity index (χ2n) is 2.14. The van der Waals surface area contributed by atoms with E-state index in [2.05, 4.69) is 24.2 Å². The van der Waals surface area contributed by atoms with Crippen molar-refractivity contribution in [3.8, 4) is 0 Å². The molecule has 0 aromatic carbocycles. The third kappa shape index (κ3) is 1.28. The Morgan fingerprint density at radius 1 is 1.67 bits per heavy atom. The molecule has 0 saturated heterocycles. The predicted molar refractivity (Wildman–Crippen MR) is 35.0 cm³/mol. The zero-order chi connectivity index (χ0) is 6.69. The Labute approximate surface area is 54.7 Å². The molecular formula is C6H11N3. The van der Waals surface area contributed by atoms with E-state index in [-0.39, 0.29) is 0 Å². The van der Waals surface area contributed by atoms with E-state index in [1.165, 1.54) is 0 Å². The third-order valence-corrected chi connectivity index (χ3v) is 1.48. The van der Waals surface area contributed by atoms with Crippen molar-refractivity contribution < 1.29 is 0 Å². The highest BCUT2D eigenvalue weighted by Crippen LogP contribution is 2.04. The Hall–Kier alpha value is -0.860. The number of hydrogen-bond donors (Lipinski definition) is 0. The lowest BCUT2D eigenvalue weighted by molar-refractivity contribution is 0.464. The minimum absolute atomic E-state index is 0.479. The molecule has 0 spiro atoms. The minimum atomic E-state index is 0.479. The van der Waals surface area contributed by atoms with Crippen LogP contribution in [0.3, 0.4) is 0 Å². The first-order chi connectivity index (χ1) is 4.34. The van der Waals surface area contributed by atoms with E-state index in [1.807, 2.05) is 10.9 Å². The Morgan fingerprint density at radius 3 is 2.89 bits per heavy atom. The van der Waals surface area contributed by atoms with Crippen LogP contribution in [-0.2, 0) is 0 Å². The molecule has 50 valence electrons. The van der Waals surface area contributed by atoms with Gasteiger partial charge in [-0.25, -0.2) is 4.68 Å². The number of nitrogens with zero attached hydrogens (tertiary/aromatic N) is 3. The highest BCUT2D eigenvalue weighted by atomic mass is 15.4. The van der Waals surface area contributed by atoms with Crippen LogP contribution in [0.1, 0.15) is 26.3 Å². The second kappa shape index (κ2) is 2.62. The molecule has 1 rings (SSSR count). The average molecular weight is 125 g/mol. The Kier molecular flexibility index (Phi) is 1.82. The van der Waals surface area contributed by atoms with Crippen LogP contribution in [0.5, 0.6) is 0 Å². The molecule has 1 atom stereocenters. The Bertz CT molecular complexity index is 157. The predicted octanol–water partition coefficient (Wildman–Crippen LogP) is 1.25. The average Bonchev–Trinajstić information content (AvgIpc) is 2.37. The molecule has 0 radical (unpaired) electrons. The summed E-state index contributed by atoms with van der Waals surface area (Å²) >= 11 is 0. The maximum atomic E-state index is 3.85. The first-order valence-electron chi connectivity index (χ1n) is 3.20. The maximum absolute atomic E-state index is 3.85. The van der Waals surface area contributed by atoms with Crippen molar-refractivity contribution in [2.24, 2.45) is 0 Å². The van der Waals surface area contributed by atoms with Crippen molar-refractivity contribution >= 4 is 0 Å². The number of aromatic nitrogens is 3. The van der Waals surface area contributed by atoms with Crippen molar-refractivity contribution in [1.82, 2.24) is 15.0 Å². The van der Waals surface area contributed by atoms with Crippen LogP contribution < -0.4 is 0 Å². The van der Waals surface area contributed by atoms with E-state index in [1.54, 1.807) is 6.20 Å². The summed E-state index contributed by atoms with van der Waals surface area (Å²) in [6, 6.07) is 0.479. The van der Waals surface area contributed by atoms with Crippen molar-refractivity contribution in [2.75, 3.05) is 0 Å². The van der Waals surface area contributed by atoms with Gasteiger partial charge in [0.2, 0.25) is 0 Å². The summed E-state index contributed by atoms with van der Waals surface area (Å²) in [6.07, 6.45) is 4.68. The smallest absolute Gasteiger partial charge is 0.0693 e. The maximum Gasteiger partial charge on any atom is 0.0693 e. The monoisotopic (exact) mass is 125 g/mol. The van der Waals surface area contributed by atoms with Gasteiger partial charge in [0, 0.05) is 6.20 Å². The van der Waals surface area contributed by atoms with Gasteiger partial charge in [-0.1, -0.05) is 12.1 Å². The van der Waals surface area contributed by atoms with Gasteiger partial charge >= 0.3 is 0 Å². The van der Waals surface area contributed by atoms with E-state index in [9.17, 15) is 0 Å². The highest BCUT2D eigenvalue weighted by Gasteiger charge is 1.98. The molecule has 0 amide bonds. The molecule has 3 nitrogen and oxygen atoms in total. The molecule has 0 fully saturated rings. The van der Waals surface area contributed by atoms with Gasteiger partial charge in [-0.3, -0.25) is 0 Å². The summed E-state index contributed by atoms with van der Waals surface area (Å²) in [7, 11) is 0. The van der Waals surface area contributed by atoms with Gasteiger partial charge in [-0.2, -0.15) is 0 Å². The lowest BCUT2D eigenvalue weighted by Gasteiger charge is -2.05. The fraction of sp³-hybridized carbons (Fsp3) is 0.667. The first kappa shape index (κ1) is 6.26. The molecule has 3 heteroatoms. The lowest BCUT2D eigenvalue weighted by atomic mass is 10.3. The molecule has 0 N–H and O–H groups in total. The third-order valence-electron chi connectivity index (χ3n) is 1.48. The zero-order valence-corrected chi connectivity index (χ0v) is 5.78. The SMILES string of the molecule is CCC(C)n1ccnn1. The summed E-state index contributed by atoms with van der Waals surface area (Å²) in [4.78, 5) is 0. The van der Waals surface area contributed by atoms with Crippen LogP contribution in [0.2, 0.25) is 0 Å². The van der Waals surface area contributed by atoms with Gasteiger partial charge in [-0.05, 0) is 13.3 Å². The molecule has 9 heavy (non-hydrogen) atoms. The van der Waals surface area contributed by atoms with Gasteiger partial charge in [0.1, 0.15) is 0 Å².